The quantitative estimate of drug-likeness (QED) is 0.850. The van der Waals surface area contributed by atoms with Crippen LogP contribution >= 0.6 is 15.9 Å². The second kappa shape index (κ2) is 3.87. The lowest BCUT2D eigenvalue weighted by molar-refractivity contribution is -0.116. The van der Waals surface area contributed by atoms with Gasteiger partial charge in [-0.3, -0.25) is 4.79 Å². The summed E-state index contributed by atoms with van der Waals surface area (Å²) < 4.78 is 14.0. The van der Waals surface area contributed by atoms with E-state index in [1.807, 2.05) is 0 Å². The molecule has 1 aliphatic carbocycles. The highest BCUT2D eigenvalue weighted by Gasteiger charge is 2.32. The fourth-order valence-corrected chi connectivity index (χ4v) is 2.06. The average Bonchev–Trinajstić information content (AvgIpc) is 2.52. The zero-order chi connectivity index (χ0) is 11.0. The van der Waals surface area contributed by atoms with E-state index in [2.05, 4.69) is 15.9 Å². The molecule has 1 N–H and O–H groups in total. The Morgan fingerprint density at radius 1 is 1.40 bits per heavy atom. The second-order valence-electron chi connectivity index (χ2n) is 3.37. The minimum Gasteiger partial charge on any atom is -0.388 e. The molecule has 2 rings (SSSR count). The van der Waals surface area contributed by atoms with Gasteiger partial charge < -0.3 is 5.11 Å². The van der Waals surface area contributed by atoms with Crippen LogP contribution in [0.1, 0.15) is 11.5 Å². The van der Waals surface area contributed by atoms with E-state index in [9.17, 15) is 14.3 Å². The Hall–Kier alpha value is -1.000. The molecule has 0 radical (unpaired) electrons. The number of carbonyl (C=O) groups excluding carboxylic acids is 1. The average molecular weight is 271 g/mol. The van der Waals surface area contributed by atoms with Gasteiger partial charge in [0.05, 0.1) is 16.5 Å². The Kier molecular flexibility index (Phi) is 2.71. The molecule has 0 aromatic heterocycles. The summed E-state index contributed by atoms with van der Waals surface area (Å²) in [6.07, 6.45) is 1.74. The first-order valence-electron chi connectivity index (χ1n) is 4.45. The Balaban J connectivity index is 2.46. The van der Waals surface area contributed by atoms with Crippen LogP contribution < -0.4 is 0 Å². The summed E-state index contributed by atoms with van der Waals surface area (Å²) in [5.41, 5.74) is 0.229. The van der Waals surface area contributed by atoms with E-state index >= 15 is 0 Å². The number of rotatable bonds is 1. The van der Waals surface area contributed by atoms with Crippen molar-refractivity contribution in [3.63, 3.8) is 0 Å². The first kappa shape index (κ1) is 10.5. The molecule has 0 bridgehead atoms. The Morgan fingerprint density at radius 2 is 2.13 bits per heavy atom. The number of halogens is 2. The number of ketones is 1. The fraction of sp³-hybridized carbons (Fsp3) is 0.182. The summed E-state index contributed by atoms with van der Waals surface area (Å²) in [6, 6.07) is 4.71. The molecule has 78 valence electrons. The van der Waals surface area contributed by atoms with E-state index in [-0.39, 0.29) is 11.3 Å². The molecule has 2 atom stereocenters. The van der Waals surface area contributed by atoms with Crippen molar-refractivity contribution < 1.29 is 14.3 Å². The highest BCUT2D eigenvalue weighted by Crippen LogP contribution is 2.31. The maximum absolute atomic E-state index is 13.7. The Labute approximate surface area is 94.5 Å². The summed E-state index contributed by atoms with van der Waals surface area (Å²) in [6.45, 7) is 0. The van der Waals surface area contributed by atoms with Gasteiger partial charge in [-0.2, -0.15) is 0 Å². The van der Waals surface area contributed by atoms with Gasteiger partial charge in [0.1, 0.15) is 5.82 Å². The minimum atomic E-state index is -0.929. The third kappa shape index (κ3) is 1.75. The Morgan fingerprint density at radius 3 is 2.73 bits per heavy atom. The van der Waals surface area contributed by atoms with Crippen molar-refractivity contribution in [2.75, 3.05) is 0 Å². The van der Waals surface area contributed by atoms with Gasteiger partial charge in [0.25, 0.3) is 0 Å². The largest absolute Gasteiger partial charge is 0.388 e. The lowest BCUT2D eigenvalue weighted by Gasteiger charge is -2.14. The molecule has 1 aromatic rings. The van der Waals surface area contributed by atoms with E-state index in [0.717, 1.165) is 0 Å². The van der Waals surface area contributed by atoms with Crippen LogP contribution in [0.25, 0.3) is 0 Å². The number of hydrogen-bond acceptors (Lipinski definition) is 2. The number of benzene rings is 1. The van der Waals surface area contributed by atoms with Crippen LogP contribution in [-0.4, -0.2) is 17.0 Å². The second-order valence-corrected chi connectivity index (χ2v) is 4.23. The zero-order valence-electron chi connectivity index (χ0n) is 7.65. The third-order valence-corrected chi connectivity index (χ3v) is 3.03. The molecular weight excluding hydrogens is 263 g/mol. The molecule has 15 heavy (non-hydrogen) atoms. The minimum absolute atomic E-state index is 0.229. The molecule has 0 amide bonds. The van der Waals surface area contributed by atoms with Crippen molar-refractivity contribution in [3.05, 3.63) is 46.2 Å². The third-order valence-electron chi connectivity index (χ3n) is 2.42. The zero-order valence-corrected chi connectivity index (χ0v) is 9.24. The number of hydrogen-bond donors (Lipinski definition) is 1. The topological polar surface area (TPSA) is 37.3 Å². The lowest BCUT2D eigenvalue weighted by atomic mass is 9.94. The van der Waals surface area contributed by atoms with E-state index in [1.54, 1.807) is 12.1 Å². The molecule has 0 heterocycles. The van der Waals surface area contributed by atoms with E-state index in [1.165, 1.54) is 18.2 Å². The van der Waals surface area contributed by atoms with Gasteiger partial charge in [0, 0.05) is 5.56 Å². The number of allylic oxidation sites excluding steroid dienone is 1. The summed E-state index contributed by atoms with van der Waals surface area (Å²) >= 11 is 3.04. The van der Waals surface area contributed by atoms with Crippen molar-refractivity contribution in [1.82, 2.24) is 0 Å². The maximum Gasteiger partial charge on any atom is 0.165 e. The molecule has 0 spiro atoms. The molecule has 0 aliphatic heterocycles. The predicted molar refractivity (Wildman–Crippen MR) is 57.0 cm³/mol. The van der Waals surface area contributed by atoms with Gasteiger partial charge in [-0.25, -0.2) is 4.39 Å². The van der Waals surface area contributed by atoms with Gasteiger partial charge in [0.2, 0.25) is 0 Å². The van der Waals surface area contributed by atoms with Crippen LogP contribution in [0.4, 0.5) is 4.39 Å². The molecule has 0 saturated carbocycles. The van der Waals surface area contributed by atoms with Gasteiger partial charge in [-0.05, 0) is 28.1 Å². The molecule has 2 nitrogen and oxygen atoms in total. The summed E-state index contributed by atoms with van der Waals surface area (Å²) in [5, 5.41) is 9.54. The van der Waals surface area contributed by atoms with Crippen molar-refractivity contribution in [3.8, 4) is 0 Å². The normalized spacial score (nSPS) is 24.9. The SMILES string of the molecule is O=C1C=CC(O)C1c1cccc(Br)c1F. The predicted octanol–water partition coefficient (Wildman–Crippen LogP) is 2.17. The monoisotopic (exact) mass is 270 g/mol. The molecule has 0 saturated heterocycles. The summed E-state index contributed by atoms with van der Waals surface area (Å²) in [5.74, 6) is -1.56. The first-order chi connectivity index (χ1) is 7.11. The number of aliphatic hydroxyl groups is 1. The van der Waals surface area contributed by atoms with E-state index in [4.69, 9.17) is 0 Å². The smallest absolute Gasteiger partial charge is 0.165 e. The van der Waals surface area contributed by atoms with Crippen LogP contribution in [0.3, 0.4) is 0 Å². The summed E-state index contributed by atoms with van der Waals surface area (Å²) in [7, 11) is 0. The maximum atomic E-state index is 13.7. The number of carbonyl (C=O) groups is 1. The van der Waals surface area contributed by atoms with Gasteiger partial charge in [-0.15, -0.1) is 0 Å². The Bertz CT molecular complexity index is 442. The standard InChI is InChI=1S/C11H8BrFO2/c12-7-3-1-2-6(11(7)13)10-8(14)4-5-9(10)15/h1-5,8,10,14H. The lowest BCUT2D eigenvalue weighted by Crippen LogP contribution is -2.19. The van der Waals surface area contributed by atoms with Gasteiger partial charge in [0.15, 0.2) is 5.78 Å². The molecular formula is C11H8BrFO2. The molecule has 4 heteroatoms. The van der Waals surface area contributed by atoms with Crippen molar-refractivity contribution >= 4 is 21.7 Å². The van der Waals surface area contributed by atoms with Crippen LogP contribution in [0.2, 0.25) is 0 Å². The van der Waals surface area contributed by atoms with Crippen LogP contribution in [0, 0.1) is 5.82 Å². The number of aliphatic hydroxyl groups excluding tert-OH is 1. The van der Waals surface area contributed by atoms with Crippen LogP contribution in [-0.2, 0) is 4.79 Å². The van der Waals surface area contributed by atoms with Gasteiger partial charge >= 0.3 is 0 Å². The van der Waals surface area contributed by atoms with Crippen molar-refractivity contribution in [1.29, 1.82) is 0 Å². The first-order valence-corrected chi connectivity index (χ1v) is 5.24. The molecule has 0 fully saturated rings. The molecule has 1 aromatic carbocycles. The van der Waals surface area contributed by atoms with Crippen molar-refractivity contribution in [2.24, 2.45) is 0 Å². The van der Waals surface area contributed by atoms with Crippen LogP contribution in [0.15, 0.2) is 34.8 Å². The van der Waals surface area contributed by atoms with Gasteiger partial charge in [-0.1, -0.05) is 18.2 Å². The highest BCUT2D eigenvalue weighted by molar-refractivity contribution is 9.10. The van der Waals surface area contributed by atoms with Crippen molar-refractivity contribution in [2.45, 2.75) is 12.0 Å². The molecule has 1 aliphatic rings. The highest BCUT2D eigenvalue weighted by atomic mass is 79.9. The van der Waals surface area contributed by atoms with E-state index < -0.39 is 17.8 Å². The summed E-state index contributed by atoms with van der Waals surface area (Å²) in [4.78, 5) is 11.4. The fourth-order valence-electron chi connectivity index (χ4n) is 1.67. The van der Waals surface area contributed by atoms with E-state index in [0.29, 0.717) is 4.47 Å². The van der Waals surface area contributed by atoms with Crippen LogP contribution in [0.5, 0.6) is 0 Å². The molecule has 2 unspecified atom stereocenters.